The number of hydrogen-bond acceptors (Lipinski definition) is 12. The summed E-state index contributed by atoms with van der Waals surface area (Å²) in [5.41, 5.74) is 12.9. The predicted molar refractivity (Wildman–Crippen MR) is 281 cm³/mol. The number of rotatable bonds is 30. The molecule has 0 aliphatic carbocycles. The summed E-state index contributed by atoms with van der Waals surface area (Å²) in [6.07, 6.45) is 0.314. The molecule has 1 aliphatic rings. The molecule has 2 rings (SSSR count). The van der Waals surface area contributed by atoms with Gasteiger partial charge in [-0.3, -0.25) is 52.9 Å². The molecule has 1 heterocycles. The molecule has 0 bridgehead atoms. The number of fused-ring (bicyclic) bond motifs is 1. The third kappa shape index (κ3) is 20.4. The topological polar surface area (TPSA) is 358 Å². The van der Waals surface area contributed by atoms with Gasteiger partial charge in [-0.1, -0.05) is 92.0 Å². The zero-order chi connectivity index (χ0) is 56.7. The Hall–Kier alpha value is -6.85. The number of aliphatic imine (C=N–C) groups is 1. The molecule has 0 saturated carbocycles. The lowest BCUT2D eigenvalue weighted by molar-refractivity contribution is -0.145. The summed E-state index contributed by atoms with van der Waals surface area (Å²) in [5, 5.41) is 32.1. The van der Waals surface area contributed by atoms with Gasteiger partial charge in [0.25, 0.3) is 0 Å². The van der Waals surface area contributed by atoms with E-state index >= 15 is 0 Å². The first-order chi connectivity index (χ1) is 35.3. The van der Waals surface area contributed by atoms with Crippen LogP contribution in [-0.2, 0) is 60.9 Å². The van der Waals surface area contributed by atoms with Crippen molar-refractivity contribution in [1.82, 2.24) is 52.3 Å². The van der Waals surface area contributed by atoms with Crippen LogP contribution in [-0.4, -0.2) is 162 Å². The van der Waals surface area contributed by atoms with Gasteiger partial charge in [-0.15, -0.1) is 0 Å². The number of amides is 10. The van der Waals surface area contributed by atoms with Crippen molar-refractivity contribution in [3.63, 3.8) is 0 Å². The average molecular weight is 1060 g/mol. The monoisotopic (exact) mass is 1060 g/mol. The normalized spacial score (nSPS) is 16.5. The molecular formula is C51H85N13O11. The molecule has 0 unspecified atom stereocenters. The Morgan fingerprint density at radius 1 is 0.693 bits per heavy atom. The zero-order valence-corrected chi connectivity index (χ0v) is 45.7. The smallest absolute Gasteiger partial charge is 0.246 e. The summed E-state index contributed by atoms with van der Waals surface area (Å²) >= 11 is 0. The van der Waals surface area contributed by atoms with Gasteiger partial charge in [-0.2, -0.15) is 0 Å². The third-order valence-corrected chi connectivity index (χ3v) is 13.2. The molecule has 0 spiro atoms. The summed E-state index contributed by atoms with van der Waals surface area (Å²) in [6.45, 7) is 16.2. The minimum atomic E-state index is -1.64. The van der Waals surface area contributed by atoms with Crippen molar-refractivity contribution in [3.05, 3.63) is 35.4 Å². The Kier molecular flexibility index (Phi) is 27.2. The maximum absolute atomic E-state index is 14.6. The number of aliphatic hydroxyl groups is 1. The van der Waals surface area contributed by atoms with Gasteiger partial charge >= 0.3 is 0 Å². The SMILES string of the molecule is CCC[C@H](NC(=O)[C@@H](NC(=O)[C@H](NC(=O)[C@@H](NC(=O)CNC(=O)CN(C)C(C)=O)C(C)C)[C@@H](C)CC)[C@@H](C)O)C(=O)N[C@H](C(=O)N[C@@H](CCCN=C(N)N)C(=O)N1Cc2ccccc2C[C@H]1C(=O)NCC)[C@@H](C)CC. The Bertz CT molecular complexity index is 2170. The zero-order valence-electron chi connectivity index (χ0n) is 45.7. The molecular weight excluding hydrogens is 971 g/mol. The van der Waals surface area contributed by atoms with Crippen LogP contribution in [0.25, 0.3) is 0 Å². The van der Waals surface area contributed by atoms with Gasteiger partial charge in [0.05, 0.1) is 19.2 Å². The van der Waals surface area contributed by atoms with E-state index in [0.717, 1.165) is 16.0 Å². The number of carbonyl (C=O) groups is 10. The number of nitrogens with one attached hydrogen (secondary N) is 8. The molecule has 10 amide bonds. The van der Waals surface area contributed by atoms with Crippen molar-refractivity contribution in [3.8, 4) is 0 Å². The average Bonchev–Trinajstić information content (AvgIpc) is 3.36. The Morgan fingerprint density at radius 3 is 1.76 bits per heavy atom. The second-order valence-electron chi connectivity index (χ2n) is 19.6. The van der Waals surface area contributed by atoms with E-state index in [4.69, 9.17) is 11.5 Å². The number of hydrogen-bond donors (Lipinski definition) is 11. The number of likely N-dealkylation sites (N-methyl/N-ethyl adjacent to an activating group) is 2. The minimum absolute atomic E-state index is 0.0729. The van der Waals surface area contributed by atoms with E-state index < -0.39 is 120 Å². The van der Waals surface area contributed by atoms with Gasteiger partial charge in [0.1, 0.15) is 42.3 Å². The first kappa shape index (κ1) is 64.3. The van der Waals surface area contributed by atoms with Crippen molar-refractivity contribution >= 4 is 65.0 Å². The van der Waals surface area contributed by atoms with Crippen molar-refractivity contribution in [1.29, 1.82) is 0 Å². The van der Waals surface area contributed by atoms with Gasteiger partial charge in [-0.05, 0) is 62.0 Å². The standard InChI is InChI=1S/C51H85N13O11/c1-12-19-35(57-49(74)43(31(9)65)62-48(73)42(30(8)14-3)61-46(71)40(28(5)6)59-38(67)25-56-39(68)27-63(11)32(10)66)44(69)60-41(29(7)13-2)47(72)58-36(22-18-23-55-51(52)53)50(75)64-26-34-21-17-16-20-33(34)24-37(64)45(70)54-15-4/h16-17,20-21,28-31,35-37,40-43,65H,12-15,18-19,22-27H2,1-11H3,(H,54,70)(H,56,68)(H,57,74)(H,58,72)(H,59,67)(H,60,69)(H,61,71)(H,62,73)(H4,52,53,55)/t29-,30-,31+,35-,36-,37-,40-,41-,42+,43-/m0/s1. The van der Waals surface area contributed by atoms with Crippen LogP contribution in [0.3, 0.4) is 0 Å². The van der Waals surface area contributed by atoms with E-state index in [1.807, 2.05) is 31.2 Å². The van der Waals surface area contributed by atoms with Crippen molar-refractivity contribution in [2.24, 2.45) is 34.2 Å². The molecule has 24 nitrogen and oxygen atoms in total. The molecule has 0 radical (unpaired) electrons. The fourth-order valence-corrected chi connectivity index (χ4v) is 8.19. The van der Waals surface area contributed by atoms with E-state index in [1.54, 1.807) is 48.5 Å². The Balaban J connectivity index is 2.35. The Morgan fingerprint density at radius 2 is 1.23 bits per heavy atom. The lowest BCUT2D eigenvalue weighted by Crippen LogP contribution is -2.63. The van der Waals surface area contributed by atoms with Crippen LogP contribution >= 0.6 is 0 Å². The minimum Gasteiger partial charge on any atom is -0.391 e. The first-order valence-electron chi connectivity index (χ1n) is 26.0. The summed E-state index contributed by atoms with van der Waals surface area (Å²) in [6, 6.07) is -1.14. The number of guanidine groups is 1. The van der Waals surface area contributed by atoms with Crippen LogP contribution < -0.4 is 54.0 Å². The van der Waals surface area contributed by atoms with Crippen LogP contribution in [0.1, 0.15) is 119 Å². The van der Waals surface area contributed by atoms with Crippen molar-refractivity contribution in [2.45, 2.75) is 169 Å². The number of nitrogens with zero attached hydrogens (tertiary/aromatic N) is 3. The molecule has 0 fully saturated rings. The second kappa shape index (κ2) is 31.8. The Labute approximate surface area is 441 Å². The molecule has 0 saturated heterocycles. The molecule has 1 aromatic carbocycles. The number of nitrogens with two attached hydrogens (primary N) is 2. The first-order valence-corrected chi connectivity index (χ1v) is 26.0. The molecule has 10 atom stereocenters. The highest BCUT2D eigenvalue weighted by molar-refractivity contribution is 5.98. The summed E-state index contributed by atoms with van der Waals surface area (Å²) < 4.78 is 0. The highest BCUT2D eigenvalue weighted by atomic mass is 16.3. The number of carbonyl (C=O) groups excluding carboxylic acids is 10. The largest absolute Gasteiger partial charge is 0.391 e. The van der Waals surface area contributed by atoms with Crippen LogP contribution in [0.4, 0.5) is 0 Å². The van der Waals surface area contributed by atoms with E-state index in [2.05, 4.69) is 47.5 Å². The molecule has 13 N–H and O–H groups in total. The fourth-order valence-electron chi connectivity index (χ4n) is 8.19. The number of benzene rings is 1. The van der Waals surface area contributed by atoms with Gasteiger partial charge in [-0.25, -0.2) is 0 Å². The van der Waals surface area contributed by atoms with E-state index in [0.29, 0.717) is 25.8 Å². The van der Waals surface area contributed by atoms with Gasteiger partial charge in [0, 0.05) is 40.0 Å². The van der Waals surface area contributed by atoms with Crippen molar-refractivity contribution in [2.75, 3.05) is 33.2 Å². The molecule has 0 aromatic heterocycles. The quantitative estimate of drug-likeness (QED) is 0.0239. The van der Waals surface area contributed by atoms with Crippen molar-refractivity contribution < 1.29 is 53.1 Å². The van der Waals surface area contributed by atoms with Crippen LogP contribution in [0.15, 0.2) is 29.3 Å². The van der Waals surface area contributed by atoms with Gasteiger partial charge in [0.15, 0.2) is 5.96 Å². The van der Waals surface area contributed by atoms with E-state index in [-0.39, 0.29) is 63.1 Å². The summed E-state index contributed by atoms with van der Waals surface area (Å²) in [5.74, 6) is -8.16. The van der Waals surface area contributed by atoms with Crippen LogP contribution in [0, 0.1) is 17.8 Å². The van der Waals surface area contributed by atoms with E-state index in [9.17, 15) is 53.1 Å². The van der Waals surface area contributed by atoms with Crippen LogP contribution in [0.2, 0.25) is 0 Å². The maximum Gasteiger partial charge on any atom is 0.246 e. The summed E-state index contributed by atoms with van der Waals surface area (Å²) in [7, 11) is 1.42. The lowest BCUT2D eigenvalue weighted by Gasteiger charge is -2.38. The van der Waals surface area contributed by atoms with Gasteiger partial charge in [0.2, 0.25) is 59.1 Å². The highest BCUT2D eigenvalue weighted by Gasteiger charge is 2.40. The second-order valence-corrected chi connectivity index (χ2v) is 19.6. The lowest BCUT2D eigenvalue weighted by atomic mass is 9.92. The van der Waals surface area contributed by atoms with Crippen LogP contribution in [0.5, 0.6) is 0 Å². The van der Waals surface area contributed by atoms with E-state index in [1.165, 1.54) is 25.8 Å². The fraction of sp³-hybridized carbons (Fsp3) is 0.667. The molecule has 1 aromatic rings. The molecule has 1 aliphatic heterocycles. The number of aliphatic hydroxyl groups excluding tert-OH is 1. The molecule has 24 heteroatoms. The summed E-state index contributed by atoms with van der Waals surface area (Å²) in [4.78, 5) is 142. The highest BCUT2D eigenvalue weighted by Crippen LogP contribution is 2.25. The predicted octanol–water partition coefficient (Wildman–Crippen LogP) is -1.44. The third-order valence-electron chi connectivity index (χ3n) is 13.2. The molecule has 420 valence electrons. The maximum atomic E-state index is 14.6. The van der Waals surface area contributed by atoms with Gasteiger partial charge < -0.3 is 68.9 Å². The molecule has 75 heavy (non-hydrogen) atoms.